The average molecular weight is 226 g/mol. The van der Waals surface area contributed by atoms with Gasteiger partial charge in [-0.1, -0.05) is 13.8 Å². The van der Waals surface area contributed by atoms with Crippen LogP contribution < -0.4 is 0 Å². The average Bonchev–Trinajstić information content (AvgIpc) is 2.99. The van der Waals surface area contributed by atoms with Crippen molar-refractivity contribution in [2.45, 2.75) is 64.6 Å². The van der Waals surface area contributed by atoms with Crippen molar-refractivity contribution in [2.75, 3.05) is 0 Å². The predicted molar refractivity (Wildman–Crippen MR) is 61.3 cm³/mol. The van der Waals surface area contributed by atoms with E-state index in [9.17, 15) is 4.79 Å². The van der Waals surface area contributed by atoms with Crippen LogP contribution in [-0.2, 0) is 9.53 Å². The van der Waals surface area contributed by atoms with Gasteiger partial charge in [0.2, 0.25) is 0 Å². The smallest absolute Gasteiger partial charge is 0.333 e. The minimum atomic E-state index is -0.771. The molecule has 2 fully saturated rings. The molecule has 0 aromatic rings. The highest BCUT2D eigenvalue weighted by molar-refractivity contribution is 5.73. The van der Waals surface area contributed by atoms with Crippen molar-refractivity contribution in [3.05, 3.63) is 0 Å². The molecular formula is C13H22O3. The molecule has 0 bridgehead atoms. The van der Waals surface area contributed by atoms with E-state index in [1.54, 1.807) is 0 Å². The molecule has 0 aromatic heterocycles. The summed E-state index contributed by atoms with van der Waals surface area (Å²) in [6.07, 6.45) is 6.02. The van der Waals surface area contributed by atoms with E-state index in [1.165, 1.54) is 0 Å². The molecule has 0 amide bonds. The Balaban J connectivity index is 1.83. The van der Waals surface area contributed by atoms with Crippen molar-refractivity contribution in [1.29, 1.82) is 0 Å². The summed E-state index contributed by atoms with van der Waals surface area (Å²) in [5, 5.41) is 9.09. The van der Waals surface area contributed by atoms with Gasteiger partial charge in [-0.05, 0) is 49.9 Å². The maximum atomic E-state index is 11.1. The third kappa shape index (κ3) is 2.97. The SMILES string of the molecule is CC1(C)CCC(OC(C(=O)O)C2CC2)CC1. The van der Waals surface area contributed by atoms with E-state index < -0.39 is 12.1 Å². The zero-order valence-electron chi connectivity index (χ0n) is 10.2. The molecule has 1 unspecified atom stereocenters. The zero-order chi connectivity index (χ0) is 11.8. The zero-order valence-corrected chi connectivity index (χ0v) is 10.2. The van der Waals surface area contributed by atoms with E-state index in [0.717, 1.165) is 38.5 Å². The van der Waals surface area contributed by atoms with Crippen LogP contribution in [0.5, 0.6) is 0 Å². The minimum absolute atomic E-state index is 0.176. The summed E-state index contributed by atoms with van der Waals surface area (Å²) >= 11 is 0. The van der Waals surface area contributed by atoms with Crippen LogP contribution >= 0.6 is 0 Å². The van der Waals surface area contributed by atoms with Crippen molar-refractivity contribution >= 4 is 5.97 Å². The van der Waals surface area contributed by atoms with Crippen LogP contribution in [-0.4, -0.2) is 23.3 Å². The lowest BCUT2D eigenvalue weighted by Gasteiger charge is -2.35. The van der Waals surface area contributed by atoms with Gasteiger partial charge < -0.3 is 9.84 Å². The van der Waals surface area contributed by atoms with Crippen LogP contribution in [0, 0.1) is 11.3 Å². The summed E-state index contributed by atoms with van der Waals surface area (Å²) in [6, 6.07) is 0. The van der Waals surface area contributed by atoms with Gasteiger partial charge in [0.05, 0.1) is 6.10 Å². The number of aliphatic carboxylic acids is 1. The van der Waals surface area contributed by atoms with E-state index in [-0.39, 0.29) is 12.0 Å². The first-order valence-corrected chi connectivity index (χ1v) is 6.36. The number of carboxylic acid groups (broad SMARTS) is 1. The molecule has 0 heterocycles. The minimum Gasteiger partial charge on any atom is -0.479 e. The van der Waals surface area contributed by atoms with Crippen LogP contribution in [0.1, 0.15) is 52.4 Å². The molecule has 2 aliphatic carbocycles. The van der Waals surface area contributed by atoms with E-state index in [2.05, 4.69) is 13.8 Å². The molecule has 2 saturated carbocycles. The highest BCUT2D eigenvalue weighted by Crippen LogP contribution is 2.39. The Hall–Kier alpha value is -0.570. The number of rotatable bonds is 4. The lowest BCUT2D eigenvalue weighted by molar-refractivity contribution is -0.158. The Morgan fingerprint density at radius 1 is 1.25 bits per heavy atom. The maximum Gasteiger partial charge on any atom is 0.333 e. The predicted octanol–water partition coefficient (Wildman–Crippen LogP) is 2.84. The van der Waals surface area contributed by atoms with Crippen molar-refractivity contribution < 1.29 is 14.6 Å². The van der Waals surface area contributed by atoms with Crippen molar-refractivity contribution in [2.24, 2.45) is 11.3 Å². The normalized spacial score (nSPS) is 27.6. The molecule has 0 aliphatic heterocycles. The lowest BCUT2D eigenvalue weighted by atomic mass is 9.76. The largest absolute Gasteiger partial charge is 0.479 e. The quantitative estimate of drug-likeness (QED) is 0.801. The molecule has 1 atom stereocenters. The molecule has 2 rings (SSSR count). The first-order valence-electron chi connectivity index (χ1n) is 6.36. The van der Waals surface area contributed by atoms with Crippen LogP contribution in [0.15, 0.2) is 0 Å². The van der Waals surface area contributed by atoms with Crippen molar-refractivity contribution in [3.8, 4) is 0 Å². The topological polar surface area (TPSA) is 46.5 Å². The Morgan fingerprint density at radius 3 is 2.25 bits per heavy atom. The Labute approximate surface area is 97.2 Å². The third-order valence-corrected chi connectivity index (χ3v) is 3.92. The van der Waals surface area contributed by atoms with Crippen molar-refractivity contribution in [1.82, 2.24) is 0 Å². The van der Waals surface area contributed by atoms with E-state index in [0.29, 0.717) is 5.41 Å². The third-order valence-electron chi connectivity index (χ3n) is 3.92. The van der Waals surface area contributed by atoms with Crippen LogP contribution in [0.3, 0.4) is 0 Å². The number of ether oxygens (including phenoxy) is 1. The fourth-order valence-corrected chi connectivity index (χ4v) is 2.49. The first-order chi connectivity index (χ1) is 7.48. The standard InChI is InChI=1S/C13H22O3/c1-13(2)7-5-10(6-8-13)16-11(12(14)15)9-3-4-9/h9-11H,3-8H2,1-2H3,(H,14,15). The number of carbonyl (C=O) groups is 1. The molecule has 3 heteroatoms. The molecule has 3 nitrogen and oxygen atoms in total. The highest BCUT2D eigenvalue weighted by Gasteiger charge is 2.39. The molecule has 0 aromatic carbocycles. The molecule has 0 saturated heterocycles. The van der Waals surface area contributed by atoms with Gasteiger partial charge in [0, 0.05) is 0 Å². The molecule has 0 radical (unpaired) electrons. The van der Waals surface area contributed by atoms with Gasteiger partial charge in [0.25, 0.3) is 0 Å². The molecular weight excluding hydrogens is 204 g/mol. The lowest BCUT2D eigenvalue weighted by Crippen LogP contribution is -2.34. The van der Waals surface area contributed by atoms with Crippen LogP contribution in [0.25, 0.3) is 0 Å². The van der Waals surface area contributed by atoms with Gasteiger partial charge >= 0.3 is 5.97 Å². The van der Waals surface area contributed by atoms with Gasteiger partial charge in [-0.3, -0.25) is 0 Å². The first kappa shape index (κ1) is 11.9. The summed E-state index contributed by atoms with van der Waals surface area (Å²) < 4.78 is 5.77. The number of hydrogen-bond acceptors (Lipinski definition) is 2. The van der Waals surface area contributed by atoms with Gasteiger partial charge in [-0.15, -0.1) is 0 Å². The van der Waals surface area contributed by atoms with E-state index >= 15 is 0 Å². The summed E-state index contributed by atoms with van der Waals surface area (Å²) in [7, 11) is 0. The van der Waals surface area contributed by atoms with Gasteiger partial charge in [-0.25, -0.2) is 4.79 Å². The number of carboxylic acids is 1. The van der Waals surface area contributed by atoms with E-state index in [4.69, 9.17) is 9.84 Å². The molecule has 2 aliphatic rings. The molecule has 16 heavy (non-hydrogen) atoms. The second kappa shape index (κ2) is 4.36. The summed E-state index contributed by atoms with van der Waals surface area (Å²) in [4.78, 5) is 11.1. The summed E-state index contributed by atoms with van der Waals surface area (Å²) in [5.74, 6) is -0.486. The fraction of sp³-hybridized carbons (Fsp3) is 0.923. The summed E-state index contributed by atoms with van der Waals surface area (Å²) in [5.41, 5.74) is 0.415. The van der Waals surface area contributed by atoms with Crippen molar-refractivity contribution in [3.63, 3.8) is 0 Å². The van der Waals surface area contributed by atoms with Crippen LogP contribution in [0.2, 0.25) is 0 Å². The maximum absolute atomic E-state index is 11.1. The van der Waals surface area contributed by atoms with Crippen LogP contribution in [0.4, 0.5) is 0 Å². The van der Waals surface area contributed by atoms with E-state index in [1.807, 2.05) is 0 Å². The number of hydrogen-bond donors (Lipinski definition) is 1. The second-order valence-corrected chi connectivity index (χ2v) is 6.10. The Morgan fingerprint density at radius 2 is 1.81 bits per heavy atom. The Kier molecular flexibility index (Phi) is 3.24. The van der Waals surface area contributed by atoms with Gasteiger partial charge in [0.1, 0.15) is 0 Å². The Bertz CT molecular complexity index is 258. The fourth-order valence-electron chi connectivity index (χ4n) is 2.49. The van der Waals surface area contributed by atoms with Gasteiger partial charge in [0.15, 0.2) is 6.10 Å². The molecule has 0 spiro atoms. The van der Waals surface area contributed by atoms with Gasteiger partial charge in [-0.2, -0.15) is 0 Å². The molecule has 92 valence electrons. The second-order valence-electron chi connectivity index (χ2n) is 6.10. The molecule has 1 N–H and O–H groups in total. The monoisotopic (exact) mass is 226 g/mol. The highest BCUT2D eigenvalue weighted by atomic mass is 16.5. The summed E-state index contributed by atoms with van der Waals surface area (Å²) in [6.45, 7) is 4.55.